The highest BCUT2D eigenvalue weighted by Gasteiger charge is 2.15. The van der Waals surface area contributed by atoms with Gasteiger partial charge in [0.25, 0.3) is 0 Å². The smallest absolute Gasteiger partial charge is 0.197 e. The van der Waals surface area contributed by atoms with Gasteiger partial charge in [-0.2, -0.15) is 0 Å². The van der Waals surface area contributed by atoms with Crippen molar-refractivity contribution < 1.29 is 14.6 Å². The zero-order chi connectivity index (χ0) is 16.8. The maximum atomic E-state index is 12.2. The Bertz CT molecular complexity index is 928. The molecule has 0 saturated heterocycles. The van der Waals surface area contributed by atoms with Crippen LogP contribution in [0.5, 0.6) is 11.5 Å². The quantitative estimate of drug-likeness (QED) is 0.707. The molecule has 118 valence electrons. The number of rotatable bonds is 1. The zero-order valence-electron chi connectivity index (χ0n) is 13.3. The Morgan fingerprint density at radius 3 is 2.22 bits per heavy atom. The number of phenols is 2. The summed E-state index contributed by atoms with van der Waals surface area (Å²) in [5.74, 6) is -0.0466. The fourth-order valence-electron chi connectivity index (χ4n) is 2.53. The standard InChI is InChI=1S/C19H18O4/c1-19(2,3)12-6-4-11(5-7-12)16-10-15(22)18-14(21)8-13(20)9-17(18)23-16/h4-10,20-21H,1-3H3. The molecule has 0 spiro atoms. The number of aromatic hydroxyl groups is 2. The Morgan fingerprint density at radius 1 is 0.957 bits per heavy atom. The topological polar surface area (TPSA) is 70.7 Å². The van der Waals surface area contributed by atoms with Gasteiger partial charge >= 0.3 is 0 Å². The second-order valence-corrected chi connectivity index (χ2v) is 6.64. The molecule has 0 saturated carbocycles. The van der Waals surface area contributed by atoms with Crippen LogP contribution in [-0.2, 0) is 5.41 Å². The van der Waals surface area contributed by atoms with Crippen LogP contribution in [0.2, 0.25) is 0 Å². The van der Waals surface area contributed by atoms with Gasteiger partial charge in [-0.15, -0.1) is 0 Å². The molecule has 0 aliphatic rings. The lowest BCUT2D eigenvalue weighted by molar-refractivity contribution is 0.452. The molecule has 23 heavy (non-hydrogen) atoms. The average Bonchev–Trinajstić information content (AvgIpc) is 2.45. The zero-order valence-corrected chi connectivity index (χ0v) is 13.3. The van der Waals surface area contributed by atoms with E-state index in [0.717, 1.165) is 11.6 Å². The number of hydrogen-bond donors (Lipinski definition) is 2. The van der Waals surface area contributed by atoms with Gasteiger partial charge in [0.1, 0.15) is 28.2 Å². The van der Waals surface area contributed by atoms with E-state index < -0.39 is 0 Å². The summed E-state index contributed by atoms with van der Waals surface area (Å²) in [6, 6.07) is 11.6. The van der Waals surface area contributed by atoms with Crippen molar-refractivity contribution in [3.05, 3.63) is 58.3 Å². The van der Waals surface area contributed by atoms with Crippen LogP contribution in [0.1, 0.15) is 26.3 Å². The van der Waals surface area contributed by atoms with Gasteiger partial charge in [0.15, 0.2) is 5.43 Å². The largest absolute Gasteiger partial charge is 0.508 e. The fourth-order valence-corrected chi connectivity index (χ4v) is 2.53. The van der Waals surface area contributed by atoms with Gasteiger partial charge in [-0.3, -0.25) is 4.79 Å². The van der Waals surface area contributed by atoms with Crippen molar-refractivity contribution in [3.8, 4) is 22.8 Å². The lowest BCUT2D eigenvalue weighted by Gasteiger charge is -2.19. The van der Waals surface area contributed by atoms with Gasteiger partial charge in [-0.25, -0.2) is 0 Å². The van der Waals surface area contributed by atoms with Crippen molar-refractivity contribution in [2.75, 3.05) is 0 Å². The highest BCUT2D eigenvalue weighted by Crippen LogP contribution is 2.31. The maximum absolute atomic E-state index is 12.2. The van der Waals surface area contributed by atoms with Gasteiger partial charge in [0.05, 0.1) is 0 Å². The summed E-state index contributed by atoms with van der Waals surface area (Å²) in [6.07, 6.45) is 0. The van der Waals surface area contributed by atoms with E-state index in [9.17, 15) is 15.0 Å². The number of hydrogen-bond acceptors (Lipinski definition) is 4. The predicted octanol–water partition coefficient (Wildman–Crippen LogP) is 4.17. The van der Waals surface area contributed by atoms with Crippen molar-refractivity contribution in [2.45, 2.75) is 26.2 Å². The Hall–Kier alpha value is -2.75. The molecular formula is C19H18O4. The van der Waals surface area contributed by atoms with Crippen LogP contribution in [0.4, 0.5) is 0 Å². The molecule has 3 rings (SSSR count). The molecule has 1 aromatic heterocycles. The van der Waals surface area contributed by atoms with E-state index >= 15 is 0 Å². The molecule has 0 aliphatic heterocycles. The molecule has 0 atom stereocenters. The van der Waals surface area contributed by atoms with Gasteiger partial charge in [-0.1, -0.05) is 45.0 Å². The first-order chi connectivity index (χ1) is 10.8. The van der Waals surface area contributed by atoms with Crippen molar-refractivity contribution >= 4 is 11.0 Å². The predicted molar refractivity (Wildman–Crippen MR) is 89.9 cm³/mol. The first-order valence-corrected chi connectivity index (χ1v) is 7.36. The summed E-state index contributed by atoms with van der Waals surface area (Å²) in [7, 11) is 0. The minimum absolute atomic E-state index is 0.0420. The second kappa shape index (κ2) is 5.16. The number of fused-ring (bicyclic) bond motifs is 1. The minimum Gasteiger partial charge on any atom is -0.508 e. The van der Waals surface area contributed by atoms with Crippen LogP contribution in [0, 0.1) is 0 Å². The van der Waals surface area contributed by atoms with E-state index in [-0.39, 0.29) is 33.3 Å². The van der Waals surface area contributed by atoms with Crippen molar-refractivity contribution in [3.63, 3.8) is 0 Å². The highest BCUT2D eigenvalue weighted by atomic mass is 16.3. The number of benzene rings is 2. The summed E-state index contributed by atoms with van der Waals surface area (Å²) in [4.78, 5) is 12.2. The van der Waals surface area contributed by atoms with E-state index in [2.05, 4.69) is 20.8 Å². The normalized spacial score (nSPS) is 11.8. The SMILES string of the molecule is CC(C)(C)c1ccc(-c2cc(=O)c3c(O)cc(O)cc3o2)cc1. The molecule has 4 heteroatoms. The lowest BCUT2D eigenvalue weighted by Crippen LogP contribution is -2.10. The van der Waals surface area contributed by atoms with Crippen LogP contribution < -0.4 is 5.43 Å². The van der Waals surface area contributed by atoms with Crippen molar-refractivity contribution in [1.29, 1.82) is 0 Å². The first kappa shape index (κ1) is 15.2. The molecule has 0 fully saturated rings. The van der Waals surface area contributed by atoms with E-state index in [0.29, 0.717) is 5.76 Å². The molecule has 1 heterocycles. The summed E-state index contributed by atoms with van der Waals surface area (Å²) in [5.41, 5.74) is 1.79. The third-order valence-corrected chi connectivity index (χ3v) is 3.83. The average molecular weight is 310 g/mol. The van der Waals surface area contributed by atoms with Crippen LogP contribution >= 0.6 is 0 Å². The molecule has 4 nitrogen and oxygen atoms in total. The third kappa shape index (κ3) is 2.80. The summed E-state index contributed by atoms with van der Waals surface area (Å²) < 4.78 is 5.70. The Morgan fingerprint density at radius 2 is 1.61 bits per heavy atom. The van der Waals surface area contributed by atoms with E-state index in [4.69, 9.17) is 4.42 Å². The van der Waals surface area contributed by atoms with Gasteiger partial charge in [-0.05, 0) is 11.0 Å². The summed E-state index contributed by atoms with van der Waals surface area (Å²) in [6.45, 7) is 6.39. The van der Waals surface area contributed by atoms with Crippen molar-refractivity contribution in [1.82, 2.24) is 0 Å². The Balaban J connectivity index is 2.16. The number of phenolic OH excluding ortho intramolecular Hbond substituents is 2. The van der Waals surface area contributed by atoms with E-state index in [1.165, 1.54) is 17.7 Å². The van der Waals surface area contributed by atoms with Crippen molar-refractivity contribution in [2.24, 2.45) is 0 Å². The molecule has 2 aromatic carbocycles. The summed E-state index contributed by atoms with van der Waals surface area (Å²) in [5, 5.41) is 19.4. The maximum Gasteiger partial charge on any atom is 0.197 e. The van der Waals surface area contributed by atoms with Crippen LogP contribution in [0.15, 0.2) is 51.7 Å². The molecular weight excluding hydrogens is 292 g/mol. The molecule has 2 N–H and O–H groups in total. The summed E-state index contributed by atoms with van der Waals surface area (Å²) >= 11 is 0. The molecule has 0 bridgehead atoms. The second-order valence-electron chi connectivity index (χ2n) is 6.64. The fraction of sp³-hybridized carbons (Fsp3) is 0.211. The van der Waals surface area contributed by atoms with Crippen LogP contribution in [0.25, 0.3) is 22.3 Å². The van der Waals surface area contributed by atoms with Gasteiger partial charge < -0.3 is 14.6 Å². The van der Waals surface area contributed by atoms with Crippen LogP contribution in [0.3, 0.4) is 0 Å². The molecule has 0 unspecified atom stereocenters. The molecule has 0 aliphatic carbocycles. The third-order valence-electron chi connectivity index (χ3n) is 3.83. The monoisotopic (exact) mass is 310 g/mol. The minimum atomic E-state index is -0.348. The lowest BCUT2D eigenvalue weighted by atomic mass is 9.86. The molecule has 3 aromatic rings. The Labute approximate surface area is 133 Å². The van der Waals surface area contributed by atoms with Gasteiger partial charge in [0.2, 0.25) is 0 Å². The molecule has 0 amide bonds. The van der Waals surface area contributed by atoms with E-state index in [1.807, 2.05) is 24.3 Å². The highest BCUT2D eigenvalue weighted by molar-refractivity contribution is 5.85. The first-order valence-electron chi connectivity index (χ1n) is 7.36. The van der Waals surface area contributed by atoms with E-state index in [1.54, 1.807) is 0 Å². The molecule has 0 radical (unpaired) electrons. The van der Waals surface area contributed by atoms with Crippen LogP contribution in [-0.4, -0.2) is 10.2 Å². The Kier molecular flexibility index (Phi) is 3.40. The van der Waals surface area contributed by atoms with Gasteiger partial charge in [0, 0.05) is 23.8 Å².